The molecular formula is C28H28N2O7. The van der Waals surface area contributed by atoms with E-state index < -0.39 is 42.1 Å². The molecule has 0 fully saturated rings. The summed E-state index contributed by atoms with van der Waals surface area (Å²) in [5.74, 6) is -3.35. The first-order valence-corrected chi connectivity index (χ1v) is 11.6. The third-order valence-corrected chi connectivity index (χ3v) is 5.53. The van der Waals surface area contributed by atoms with Crippen molar-refractivity contribution in [2.45, 2.75) is 38.1 Å². The molecule has 0 spiro atoms. The van der Waals surface area contributed by atoms with E-state index in [2.05, 4.69) is 0 Å². The Bertz CT molecular complexity index is 1200. The van der Waals surface area contributed by atoms with Crippen molar-refractivity contribution in [2.75, 3.05) is 0 Å². The Morgan fingerprint density at radius 2 is 1.35 bits per heavy atom. The average Bonchev–Trinajstić information content (AvgIpc) is 2.91. The highest BCUT2D eigenvalue weighted by atomic mass is 16.6. The summed E-state index contributed by atoms with van der Waals surface area (Å²) in [6, 6.07) is 22.3. The summed E-state index contributed by atoms with van der Waals surface area (Å²) in [4.78, 5) is 51.9. The Hall–Kier alpha value is -4.50. The van der Waals surface area contributed by atoms with Crippen LogP contribution in [0, 0.1) is 0 Å². The predicted octanol–water partition coefficient (Wildman–Crippen LogP) is 3.42. The molecule has 0 aliphatic carbocycles. The molecule has 0 saturated heterocycles. The number of rotatable bonds is 10. The van der Waals surface area contributed by atoms with Crippen molar-refractivity contribution in [2.24, 2.45) is 5.73 Å². The molecule has 3 N–H and O–H groups in total. The Labute approximate surface area is 214 Å². The molecule has 3 rings (SSSR count). The number of ether oxygens (including phenoxy) is 2. The number of carbonyl (C=O) groups excluding carboxylic acids is 3. The van der Waals surface area contributed by atoms with Gasteiger partial charge in [0, 0.05) is 0 Å². The van der Waals surface area contributed by atoms with Gasteiger partial charge in [-0.25, -0.2) is 19.3 Å². The van der Waals surface area contributed by atoms with Gasteiger partial charge in [-0.05, 0) is 36.6 Å². The van der Waals surface area contributed by atoms with Crippen LogP contribution >= 0.6 is 0 Å². The summed E-state index contributed by atoms with van der Waals surface area (Å²) >= 11 is 0. The number of esters is 1. The molecule has 2 amide bonds. The number of imide groups is 1. The number of carboxylic acid groups (broad SMARTS) is 1. The molecule has 0 bridgehead atoms. The van der Waals surface area contributed by atoms with Crippen LogP contribution in [-0.2, 0) is 32.1 Å². The van der Waals surface area contributed by atoms with Crippen molar-refractivity contribution >= 4 is 23.9 Å². The van der Waals surface area contributed by atoms with Crippen LogP contribution in [0.4, 0.5) is 4.79 Å². The van der Waals surface area contributed by atoms with E-state index in [1.54, 1.807) is 78.9 Å². The highest BCUT2D eigenvalue weighted by Gasteiger charge is 2.43. The Balaban J connectivity index is 1.86. The molecular weight excluding hydrogens is 476 g/mol. The molecule has 0 aliphatic heterocycles. The number of carbonyl (C=O) groups is 4. The SMILES string of the molecule is C[C@@H](OC(=O)c1ccccc1)[C@@H](C(=O)O)N(C(=O)OCc1ccccc1)C(=O)[C@@H](N)Cc1ccccc1. The topological polar surface area (TPSA) is 136 Å². The van der Waals surface area contributed by atoms with Crippen LogP contribution in [0.25, 0.3) is 0 Å². The van der Waals surface area contributed by atoms with Crippen LogP contribution in [0.3, 0.4) is 0 Å². The number of aliphatic carboxylic acids is 1. The molecule has 0 radical (unpaired) electrons. The van der Waals surface area contributed by atoms with Gasteiger partial charge in [-0.3, -0.25) is 4.79 Å². The molecule has 0 aromatic heterocycles. The smallest absolute Gasteiger partial charge is 0.417 e. The molecule has 9 heteroatoms. The van der Waals surface area contributed by atoms with Gasteiger partial charge in [0.05, 0.1) is 11.6 Å². The molecule has 3 atom stereocenters. The number of hydrogen-bond acceptors (Lipinski definition) is 7. The lowest BCUT2D eigenvalue weighted by Crippen LogP contribution is -2.58. The molecule has 0 saturated carbocycles. The van der Waals surface area contributed by atoms with E-state index in [4.69, 9.17) is 15.2 Å². The van der Waals surface area contributed by atoms with Gasteiger partial charge in [0.1, 0.15) is 12.7 Å². The summed E-state index contributed by atoms with van der Waals surface area (Å²) in [7, 11) is 0. The quantitative estimate of drug-likeness (QED) is 0.401. The predicted molar refractivity (Wildman–Crippen MR) is 134 cm³/mol. The summed E-state index contributed by atoms with van der Waals surface area (Å²) in [5, 5.41) is 10.0. The first-order chi connectivity index (χ1) is 17.8. The van der Waals surface area contributed by atoms with Crippen molar-refractivity contribution in [3.05, 3.63) is 108 Å². The normalized spacial score (nSPS) is 13.0. The van der Waals surface area contributed by atoms with Crippen LogP contribution in [0.15, 0.2) is 91.0 Å². The van der Waals surface area contributed by atoms with Gasteiger partial charge < -0.3 is 20.3 Å². The van der Waals surface area contributed by atoms with Crippen LogP contribution in [0.2, 0.25) is 0 Å². The van der Waals surface area contributed by atoms with E-state index in [1.165, 1.54) is 19.1 Å². The van der Waals surface area contributed by atoms with Crippen LogP contribution in [-0.4, -0.2) is 52.1 Å². The van der Waals surface area contributed by atoms with Gasteiger partial charge in [-0.1, -0.05) is 78.9 Å². The van der Waals surface area contributed by atoms with Gasteiger partial charge in [0.2, 0.25) is 5.91 Å². The van der Waals surface area contributed by atoms with Crippen LogP contribution < -0.4 is 5.73 Å². The summed E-state index contributed by atoms with van der Waals surface area (Å²) in [6.07, 6.45) is -2.58. The zero-order valence-corrected chi connectivity index (χ0v) is 20.2. The Kier molecular flexibility index (Phi) is 9.51. The number of nitrogens with zero attached hydrogens (tertiary/aromatic N) is 1. The fourth-order valence-electron chi connectivity index (χ4n) is 3.66. The van der Waals surface area contributed by atoms with E-state index in [0.717, 1.165) is 5.56 Å². The maximum atomic E-state index is 13.4. The minimum absolute atomic E-state index is 0.0483. The monoisotopic (exact) mass is 504 g/mol. The zero-order valence-electron chi connectivity index (χ0n) is 20.2. The van der Waals surface area contributed by atoms with Crippen molar-refractivity contribution in [3.63, 3.8) is 0 Å². The summed E-state index contributed by atoms with van der Waals surface area (Å²) in [5.41, 5.74) is 7.66. The number of nitrogens with two attached hydrogens (primary N) is 1. The second-order valence-corrected chi connectivity index (χ2v) is 8.30. The van der Waals surface area contributed by atoms with E-state index in [-0.39, 0.29) is 18.6 Å². The van der Waals surface area contributed by atoms with E-state index in [9.17, 15) is 24.3 Å². The van der Waals surface area contributed by atoms with Crippen LogP contribution in [0.1, 0.15) is 28.4 Å². The van der Waals surface area contributed by atoms with Crippen molar-refractivity contribution < 1.29 is 33.8 Å². The molecule has 9 nitrogen and oxygen atoms in total. The van der Waals surface area contributed by atoms with Gasteiger partial charge in [0.25, 0.3) is 0 Å². The van der Waals surface area contributed by atoms with Gasteiger partial charge >= 0.3 is 18.0 Å². The third kappa shape index (κ3) is 7.49. The molecule has 3 aromatic rings. The first-order valence-electron chi connectivity index (χ1n) is 11.6. The zero-order chi connectivity index (χ0) is 26.8. The Morgan fingerprint density at radius 1 is 0.838 bits per heavy atom. The fraction of sp³-hybridized carbons (Fsp3) is 0.214. The second kappa shape index (κ2) is 13.0. The Morgan fingerprint density at radius 3 is 1.89 bits per heavy atom. The maximum Gasteiger partial charge on any atom is 0.417 e. The molecule has 37 heavy (non-hydrogen) atoms. The maximum absolute atomic E-state index is 13.4. The highest BCUT2D eigenvalue weighted by molar-refractivity contribution is 5.99. The molecule has 3 aromatic carbocycles. The van der Waals surface area contributed by atoms with E-state index >= 15 is 0 Å². The molecule has 192 valence electrons. The van der Waals surface area contributed by atoms with Crippen molar-refractivity contribution in [1.82, 2.24) is 4.90 Å². The minimum atomic E-state index is -1.88. The molecule has 0 heterocycles. The van der Waals surface area contributed by atoms with Crippen LogP contribution in [0.5, 0.6) is 0 Å². The molecule has 0 aliphatic rings. The standard InChI is InChI=1S/C28H28N2O7/c1-19(37-27(34)22-15-9-4-10-16-22)24(26(32)33)30(28(35)36-18-21-13-7-3-8-14-21)25(31)23(29)17-20-11-5-2-6-12-20/h2-16,19,23-24H,17-18,29H2,1H3,(H,32,33)/t19-,23+,24+/m1/s1. The lowest BCUT2D eigenvalue weighted by Gasteiger charge is -2.31. The lowest BCUT2D eigenvalue weighted by molar-refractivity contribution is -0.153. The highest BCUT2D eigenvalue weighted by Crippen LogP contribution is 2.17. The molecule has 0 unspecified atom stereocenters. The summed E-state index contributed by atoms with van der Waals surface area (Å²) in [6.45, 7) is 1.08. The summed E-state index contributed by atoms with van der Waals surface area (Å²) < 4.78 is 10.6. The second-order valence-electron chi connectivity index (χ2n) is 8.30. The number of carboxylic acids is 1. The van der Waals surface area contributed by atoms with Gasteiger partial charge in [-0.15, -0.1) is 0 Å². The largest absolute Gasteiger partial charge is 0.480 e. The van der Waals surface area contributed by atoms with E-state index in [0.29, 0.717) is 10.5 Å². The minimum Gasteiger partial charge on any atom is -0.480 e. The number of benzene rings is 3. The van der Waals surface area contributed by atoms with E-state index in [1.807, 2.05) is 0 Å². The number of hydrogen-bond donors (Lipinski definition) is 2. The number of amides is 2. The third-order valence-electron chi connectivity index (χ3n) is 5.53. The van der Waals surface area contributed by atoms with Gasteiger partial charge in [0.15, 0.2) is 6.04 Å². The van der Waals surface area contributed by atoms with Gasteiger partial charge in [-0.2, -0.15) is 0 Å². The van der Waals surface area contributed by atoms with Crippen molar-refractivity contribution in [3.8, 4) is 0 Å². The first kappa shape index (κ1) is 27.1. The fourth-order valence-corrected chi connectivity index (χ4v) is 3.66. The van der Waals surface area contributed by atoms with Crippen molar-refractivity contribution in [1.29, 1.82) is 0 Å². The average molecular weight is 505 g/mol. The lowest BCUT2D eigenvalue weighted by atomic mass is 10.0.